The largest absolute Gasteiger partial charge is 0.495 e. The van der Waals surface area contributed by atoms with Crippen molar-refractivity contribution in [1.29, 1.82) is 0 Å². The quantitative estimate of drug-likeness (QED) is 0.799. The van der Waals surface area contributed by atoms with E-state index in [1.165, 1.54) is 0 Å². The summed E-state index contributed by atoms with van der Waals surface area (Å²) in [6, 6.07) is 6.94. The molecule has 0 aromatic heterocycles. The van der Waals surface area contributed by atoms with Gasteiger partial charge in [-0.15, -0.1) is 12.4 Å². The highest BCUT2D eigenvalue weighted by Crippen LogP contribution is 2.31. The first-order valence-corrected chi connectivity index (χ1v) is 8.24. The lowest BCUT2D eigenvalue weighted by Crippen LogP contribution is -2.47. The van der Waals surface area contributed by atoms with Gasteiger partial charge in [0.2, 0.25) is 11.8 Å². The molecule has 8 heteroatoms. The smallest absolute Gasteiger partial charge is 0.249 e. The average molecular weight is 370 g/mol. The summed E-state index contributed by atoms with van der Waals surface area (Å²) in [4.78, 5) is 26.5. The third kappa shape index (κ3) is 4.62. The van der Waals surface area contributed by atoms with Crippen LogP contribution in [0.25, 0.3) is 0 Å². The van der Waals surface area contributed by atoms with Gasteiger partial charge in [0, 0.05) is 25.6 Å². The number of halogens is 1. The number of anilines is 1. The van der Waals surface area contributed by atoms with Crippen LogP contribution in [0.5, 0.6) is 5.75 Å². The van der Waals surface area contributed by atoms with E-state index in [0.717, 1.165) is 12.2 Å². The lowest BCUT2D eigenvalue weighted by molar-refractivity contribution is -0.127. The molecule has 2 atom stereocenters. The number of hydrogen-bond acceptors (Lipinski definition) is 5. The fourth-order valence-corrected chi connectivity index (χ4v) is 3.13. The second kappa shape index (κ2) is 9.03. The van der Waals surface area contributed by atoms with E-state index in [1.807, 2.05) is 24.3 Å². The molecule has 2 amide bonds. The molecule has 25 heavy (non-hydrogen) atoms. The number of amides is 2. The molecule has 2 unspecified atom stereocenters. The summed E-state index contributed by atoms with van der Waals surface area (Å²) >= 11 is 0. The van der Waals surface area contributed by atoms with E-state index >= 15 is 0 Å². The fraction of sp³-hybridized carbons (Fsp3) is 0.529. The van der Waals surface area contributed by atoms with Gasteiger partial charge in [-0.05, 0) is 18.6 Å². The van der Waals surface area contributed by atoms with Gasteiger partial charge in [0.05, 0.1) is 26.0 Å². The number of morpholine rings is 1. The minimum Gasteiger partial charge on any atom is -0.495 e. The van der Waals surface area contributed by atoms with Crippen LogP contribution in [0.2, 0.25) is 0 Å². The zero-order valence-corrected chi connectivity index (χ0v) is 15.0. The lowest BCUT2D eigenvalue weighted by Gasteiger charge is -2.24. The van der Waals surface area contributed by atoms with Crippen LogP contribution in [0, 0.1) is 0 Å². The maximum Gasteiger partial charge on any atom is 0.249 e. The Balaban J connectivity index is 0.00000225. The molecule has 0 saturated carbocycles. The summed E-state index contributed by atoms with van der Waals surface area (Å²) in [5.74, 6) is 0.431. The predicted octanol–water partition coefficient (Wildman–Crippen LogP) is 0.717. The van der Waals surface area contributed by atoms with Gasteiger partial charge in [0.15, 0.2) is 0 Å². The van der Waals surface area contributed by atoms with Crippen molar-refractivity contribution in [3.63, 3.8) is 0 Å². The van der Waals surface area contributed by atoms with Crippen LogP contribution in [0.1, 0.15) is 12.8 Å². The average Bonchev–Trinajstić information content (AvgIpc) is 2.96. The Morgan fingerprint density at radius 1 is 1.44 bits per heavy atom. The normalized spacial score (nSPS) is 23.1. The lowest BCUT2D eigenvalue weighted by atomic mass is 10.1. The number of ether oxygens (including phenoxy) is 2. The first kappa shape index (κ1) is 19.5. The highest BCUT2D eigenvalue weighted by Gasteiger charge is 2.35. The summed E-state index contributed by atoms with van der Waals surface area (Å²) in [6.45, 7) is 2.52. The molecule has 7 nitrogen and oxygen atoms in total. The van der Waals surface area contributed by atoms with E-state index in [4.69, 9.17) is 9.47 Å². The molecule has 1 aromatic carbocycles. The zero-order valence-electron chi connectivity index (χ0n) is 14.2. The molecular weight excluding hydrogens is 346 g/mol. The Morgan fingerprint density at radius 2 is 2.24 bits per heavy atom. The van der Waals surface area contributed by atoms with Crippen molar-refractivity contribution in [2.45, 2.75) is 24.9 Å². The van der Waals surface area contributed by atoms with Gasteiger partial charge in [-0.1, -0.05) is 12.1 Å². The van der Waals surface area contributed by atoms with Crippen molar-refractivity contribution in [2.24, 2.45) is 0 Å². The third-order valence-corrected chi connectivity index (χ3v) is 4.35. The molecule has 0 aliphatic carbocycles. The maximum atomic E-state index is 12.6. The minimum atomic E-state index is -0.480. The van der Waals surface area contributed by atoms with E-state index in [9.17, 15) is 9.59 Å². The molecule has 2 aliphatic heterocycles. The molecule has 2 N–H and O–H groups in total. The highest BCUT2D eigenvalue weighted by molar-refractivity contribution is 6.02. The van der Waals surface area contributed by atoms with Gasteiger partial charge < -0.3 is 25.0 Å². The highest BCUT2D eigenvalue weighted by atomic mass is 35.5. The summed E-state index contributed by atoms with van der Waals surface area (Å²) in [5.41, 5.74) is 0.740. The van der Waals surface area contributed by atoms with Gasteiger partial charge in [-0.3, -0.25) is 9.59 Å². The van der Waals surface area contributed by atoms with Gasteiger partial charge in [-0.2, -0.15) is 0 Å². The Labute approximate surface area is 153 Å². The van der Waals surface area contributed by atoms with Crippen molar-refractivity contribution in [3.05, 3.63) is 24.3 Å². The SMILES string of the molecule is COc1ccccc1N1CCC(NC(=O)CC2COCCN2)C1=O.Cl. The van der Waals surface area contributed by atoms with Crippen LogP contribution in [0.3, 0.4) is 0 Å². The van der Waals surface area contributed by atoms with Gasteiger partial charge in [0.1, 0.15) is 11.8 Å². The molecule has 1 aromatic rings. The number of para-hydroxylation sites is 2. The number of carbonyl (C=O) groups is 2. The number of rotatable bonds is 5. The summed E-state index contributed by atoms with van der Waals surface area (Å²) < 4.78 is 10.7. The second-order valence-electron chi connectivity index (χ2n) is 6.00. The van der Waals surface area contributed by atoms with Crippen molar-refractivity contribution in [1.82, 2.24) is 10.6 Å². The van der Waals surface area contributed by atoms with E-state index in [2.05, 4.69) is 10.6 Å². The standard InChI is InChI=1S/C17H23N3O4.ClH/c1-23-15-5-3-2-4-14(15)20-8-6-13(17(20)22)19-16(21)10-12-11-24-9-7-18-12;/h2-5,12-13,18H,6-11H2,1H3,(H,19,21);1H. The first-order valence-electron chi connectivity index (χ1n) is 8.24. The van der Waals surface area contributed by atoms with Crippen LogP contribution in [-0.4, -0.2) is 57.3 Å². The van der Waals surface area contributed by atoms with Crippen LogP contribution in [0.15, 0.2) is 24.3 Å². The third-order valence-electron chi connectivity index (χ3n) is 4.35. The zero-order chi connectivity index (χ0) is 16.9. The molecule has 3 rings (SSSR count). The van der Waals surface area contributed by atoms with Gasteiger partial charge in [-0.25, -0.2) is 0 Å². The molecule has 2 fully saturated rings. The van der Waals surface area contributed by atoms with Crippen LogP contribution < -0.4 is 20.3 Å². The number of carbonyl (C=O) groups excluding carboxylic acids is 2. The molecule has 2 aliphatic rings. The molecule has 0 bridgehead atoms. The fourth-order valence-electron chi connectivity index (χ4n) is 3.13. The number of nitrogens with zero attached hydrogens (tertiary/aromatic N) is 1. The predicted molar refractivity (Wildman–Crippen MR) is 96.4 cm³/mol. The molecule has 2 heterocycles. The monoisotopic (exact) mass is 369 g/mol. The Kier molecular flexibility index (Phi) is 7.04. The van der Waals surface area contributed by atoms with E-state index in [1.54, 1.807) is 12.0 Å². The molecule has 0 radical (unpaired) electrons. The van der Waals surface area contributed by atoms with Crippen molar-refractivity contribution in [2.75, 3.05) is 38.3 Å². The maximum absolute atomic E-state index is 12.6. The Morgan fingerprint density at radius 3 is 2.96 bits per heavy atom. The number of methoxy groups -OCH3 is 1. The van der Waals surface area contributed by atoms with E-state index < -0.39 is 6.04 Å². The van der Waals surface area contributed by atoms with Crippen molar-refractivity contribution < 1.29 is 19.1 Å². The van der Waals surface area contributed by atoms with Crippen LogP contribution in [0.4, 0.5) is 5.69 Å². The first-order chi connectivity index (χ1) is 11.7. The summed E-state index contributed by atoms with van der Waals surface area (Å²) in [7, 11) is 1.58. The number of hydrogen-bond donors (Lipinski definition) is 2. The molecule has 0 spiro atoms. The van der Waals surface area contributed by atoms with E-state index in [-0.39, 0.29) is 30.3 Å². The second-order valence-corrected chi connectivity index (χ2v) is 6.00. The Bertz CT molecular complexity index is 607. The molecular formula is C17H24ClN3O4. The van der Waals surface area contributed by atoms with Crippen molar-refractivity contribution >= 4 is 29.9 Å². The summed E-state index contributed by atoms with van der Waals surface area (Å²) in [5, 5.41) is 6.08. The van der Waals surface area contributed by atoms with Gasteiger partial charge >= 0.3 is 0 Å². The van der Waals surface area contributed by atoms with Crippen molar-refractivity contribution in [3.8, 4) is 5.75 Å². The van der Waals surface area contributed by atoms with Crippen LogP contribution in [-0.2, 0) is 14.3 Å². The topological polar surface area (TPSA) is 79.9 Å². The van der Waals surface area contributed by atoms with Crippen LogP contribution >= 0.6 is 12.4 Å². The minimum absolute atomic E-state index is 0. The van der Waals surface area contributed by atoms with E-state index in [0.29, 0.717) is 38.3 Å². The molecule has 138 valence electrons. The summed E-state index contributed by atoms with van der Waals surface area (Å²) in [6.07, 6.45) is 0.912. The Hall–Kier alpha value is -1.83. The van der Waals surface area contributed by atoms with Gasteiger partial charge in [0.25, 0.3) is 0 Å². The molecule has 2 saturated heterocycles. The number of benzene rings is 1. The number of nitrogens with one attached hydrogen (secondary N) is 2.